The van der Waals surface area contributed by atoms with Crippen molar-refractivity contribution in [3.63, 3.8) is 0 Å². The van der Waals surface area contributed by atoms with E-state index in [1.54, 1.807) is 36.4 Å². The Hall–Kier alpha value is -2.40. The third-order valence-corrected chi connectivity index (χ3v) is 3.85. The number of amides is 1. The summed E-state index contributed by atoms with van der Waals surface area (Å²) in [5.74, 6) is 0.706. The molecule has 1 saturated heterocycles. The molecule has 3 rings (SSSR count). The average Bonchev–Trinajstić information content (AvgIpc) is 3.01. The molecule has 1 aromatic heterocycles. The molecule has 1 atom stereocenters. The first-order valence-electron chi connectivity index (χ1n) is 7.25. The minimum absolute atomic E-state index is 0.0401. The summed E-state index contributed by atoms with van der Waals surface area (Å²) in [6.45, 7) is 1.03. The predicted octanol–water partition coefficient (Wildman–Crippen LogP) is 1.96. The first kappa shape index (κ1) is 14.5. The molecule has 1 aliphatic rings. The van der Waals surface area contributed by atoms with E-state index in [0.29, 0.717) is 25.1 Å². The topological polar surface area (TPSA) is 62.7 Å². The summed E-state index contributed by atoms with van der Waals surface area (Å²) in [7, 11) is 1.62. The molecular weight excluding hydrogens is 280 g/mol. The zero-order valence-electron chi connectivity index (χ0n) is 12.4. The van der Waals surface area contributed by atoms with Crippen molar-refractivity contribution in [3.8, 4) is 17.0 Å². The normalized spacial score (nSPS) is 17.5. The highest BCUT2D eigenvalue weighted by Crippen LogP contribution is 2.22. The SMILES string of the molecule is COc1ccnc(-c2ccc(C(=O)N3CCC(O)C3)cc2)c1. The van der Waals surface area contributed by atoms with E-state index in [4.69, 9.17) is 4.74 Å². The van der Waals surface area contributed by atoms with E-state index in [2.05, 4.69) is 4.98 Å². The molecule has 2 heterocycles. The van der Waals surface area contributed by atoms with Crippen LogP contribution in [0, 0.1) is 0 Å². The number of rotatable bonds is 3. The molecule has 5 heteroatoms. The summed E-state index contributed by atoms with van der Waals surface area (Å²) < 4.78 is 5.19. The largest absolute Gasteiger partial charge is 0.497 e. The standard InChI is InChI=1S/C17H18N2O3/c1-22-15-6-8-18-16(10-15)12-2-4-13(5-3-12)17(21)19-9-7-14(20)11-19/h2-6,8,10,14,20H,7,9,11H2,1H3. The van der Waals surface area contributed by atoms with Crippen LogP contribution in [0.4, 0.5) is 0 Å². The van der Waals surface area contributed by atoms with Gasteiger partial charge in [0, 0.05) is 36.5 Å². The number of aromatic nitrogens is 1. The summed E-state index contributed by atoms with van der Waals surface area (Å²) in [5.41, 5.74) is 2.35. The monoisotopic (exact) mass is 298 g/mol. The van der Waals surface area contributed by atoms with Crippen molar-refractivity contribution in [2.45, 2.75) is 12.5 Å². The molecule has 1 N–H and O–H groups in total. The molecule has 22 heavy (non-hydrogen) atoms. The Morgan fingerprint density at radius 3 is 2.73 bits per heavy atom. The second kappa shape index (κ2) is 6.15. The lowest BCUT2D eigenvalue weighted by Crippen LogP contribution is -2.29. The first-order valence-corrected chi connectivity index (χ1v) is 7.25. The quantitative estimate of drug-likeness (QED) is 0.941. The van der Waals surface area contributed by atoms with Crippen LogP contribution in [0.15, 0.2) is 42.6 Å². The second-order valence-corrected chi connectivity index (χ2v) is 5.35. The van der Waals surface area contributed by atoms with Gasteiger partial charge in [-0.15, -0.1) is 0 Å². The number of pyridine rings is 1. The lowest BCUT2D eigenvalue weighted by atomic mass is 10.1. The van der Waals surface area contributed by atoms with Gasteiger partial charge in [0.2, 0.25) is 0 Å². The molecule has 1 aliphatic heterocycles. The van der Waals surface area contributed by atoms with Crippen LogP contribution in [-0.2, 0) is 0 Å². The maximum Gasteiger partial charge on any atom is 0.253 e. The molecule has 1 amide bonds. The minimum atomic E-state index is -0.399. The fourth-order valence-electron chi connectivity index (χ4n) is 2.59. The fourth-order valence-corrected chi connectivity index (χ4v) is 2.59. The number of methoxy groups -OCH3 is 1. The van der Waals surface area contributed by atoms with E-state index >= 15 is 0 Å². The molecule has 0 saturated carbocycles. The highest BCUT2D eigenvalue weighted by atomic mass is 16.5. The fraction of sp³-hybridized carbons (Fsp3) is 0.294. The Morgan fingerprint density at radius 1 is 1.32 bits per heavy atom. The van der Waals surface area contributed by atoms with E-state index in [0.717, 1.165) is 17.0 Å². The van der Waals surface area contributed by atoms with Crippen molar-refractivity contribution in [1.29, 1.82) is 0 Å². The number of carbonyl (C=O) groups excluding carboxylic acids is 1. The molecular formula is C17H18N2O3. The summed E-state index contributed by atoms with van der Waals surface area (Å²) >= 11 is 0. The van der Waals surface area contributed by atoms with Gasteiger partial charge in [-0.3, -0.25) is 9.78 Å². The lowest BCUT2D eigenvalue weighted by Gasteiger charge is -2.15. The van der Waals surface area contributed by atoms with Gasteiger partial charge in [0.25, 0.3) is 5.91 Å². The van der Waals surface area contributed by atoms with E-state index in [-0.39, 0.29) is 5.91 Å². The van der Waals surface area contributed by atoms with E-state index < -0.39 is 6.10 Å². The van der Waals surface area contributed by atoms with Crippen LogP contribution in [0.25, 0.3) is 11.3 Å². The van der Waals surface area contributed by atoms with Gasteiger partial charge in [-0.1, -0.05) is 12.1 Å². The summed E-state index contributed by atoms with van der Waals surface area (Å²) in [6, 6.07) is 11.0. The summed E-state index contributed by atoms with van der Waals surface area (Å²) in [4.78, 5) is 18.3. The molecule has 1 unspecified atom stereocenters. The predicted molar refractivity (Wildman–Crippen MR) is 82.8 cm³/mol. The number of likely N-dealkylation sites (tertiary alicyclic amines) is 1. The van der Waals surface area contributed by atoms with Gasteiger partial charge in [-0.05, 0) is 24.6 Å². The van der Waals surface area contributed by atoms with Crippen LogP contribution in [0.1, 0.15) is 16.8 Å². The van der Waals surface area contributed by atoms with Crippen molar-refractivity contribution in [2.24, 2.45) is 0 Å². The van der Waals surface area contributed by atoms with Crippen LogP contribution >= 0.6 is 0 Å². The van der Waals surface area contributed by atoms with Crippen molar-refractivity contribution in [1.82, 2.24) is 9.88 Å². The Balaban J connectivity index is 1.79. The van der Waals surface area contributed by atoms with Crippen molar-refractivity contribution >= 4 is 5.91 Å². The molecule has 1 aromatic carbocycles. The third-order valence-electron chi connectivity index (χ3n) is 3.85. The average molecular weight is 298 g/mol. The van der Waals surface area contributed by atoms with Crippen LogP contribution < -0.4 is 4.74 Å². The number of hydrogen-bond acceptors (Lipinski definition) is 4. The van der Waals surface area contributed by atoms with Gasteiger partial charge >= 0.3 is 0 Å². The van der Waals surface area contributed by atoms with Gasteiger partial charge in [0.05, 0.1) is 18.9 Å². The highest BCUT2D eigenvalue weighted by molar-refractivity contribution is 5.94. The van der Waals surface area contributed by atoms with E-state index in [9.17, 15) is 9.90 Å². The van der Waals surface area contributed by atoms with Gasteiger partial charge in [-0.2, -0.15) is 0 Å². The van der Waals surface area contributed by atoms with Crippen molar-refractivity contribution < 1.29 is 14.6 Å². The van der Waals surface area contributed by atoms with Crippen molar-refractivity contribution in [3.05, 3.63) is 48.2 Å². The van der Waals surface area contributed by atoms with Crippen molar-refractivity contribution in [2.75, 3.05) is 20.2 Å². The minimum Gasteiger partial charge on any atom is -0.497 e. The Labute approximate surface area is 129 Å². The number of nitrogens with zero attached hydrogens (tertiary/aromatic N) is 2. The first-order chi connectivity index (χ1) is 10.7. The number of β-amino-alcohol motifs (C(OH)–C–C–N with tert-alkyl or cyclic N) is 1. The van der Waals surface area contributed by atoms with Gasteiger partial charge < -0.3 is 14.7 Å². The third kappa shape index (κ3) is 2.94. The van der Waals surface area contributed by atoms with Gasteiger partial charge in [-0.25, -0.2) is 0 Å². The summed E-state index contributed by atoms with van der Waals surface area (Å²) in [5, 5.41) is 9.52. The van der Waals surface area contributed by atoms with Crippen LogP contribution in [-0.4, -0.2) is 47.2 Å². The maximum absolute atomic E-state index is 12.3. The maximum atomic E-state index is 12.3. The highest BCUT2D eigenvalue weighted by Gasteiger charge is 2.25. The Kier molecular flexibility index (Phi) is 4.06. The molecule has 1 fully saturated rings. The second-order valence-electron chi connectivity index (χ2n) is 5.35. The molecule has 114 valence electrons. The Morgan fingerprint density at radius 2 is 2.09 bits per heavy atom. The summed E-state index contributed by atoms with van der Waals surface area (Å²) in [6.07, 6.45) is 1.94. The zero-order valence-corrected chi connectivity index (χ0v) is 12.4. The lowest BCUT2D eigenvalue weighted by molar-refractivity contribution is 0.0765. The molecule has 0 aliphatic carbocycles. The number of ether oxygens (including phenoxy) is 1. The van der Waals surface area contributed by atoms with Crippen LogP contribution in [0.5, 0.6) is 5.75 Å². The smallest absolute Gasteiger partial charge is 0.253 e. The van der Waals surface area contributed by atoms with Gasteiger partial charge in [0.15, 0.2) is 0 Å². The number of aliphatic hydroxyl groups is 1. The van der Waals surface area contributed by atoms with Crippen LogP contribution in [0.2, 0.25) is 0 Å². The van der Waals surface area contributed by atoms with E-state index in [1.807, 2.05) is 18.2 Å². The van der Waals surface area contributed by atoms with E-state index in [1.165, 1.54) is 0 Å². The molecule has 5 nitrogen and oxygen atoms in total. The zero-order chi connectivity index (χ0) is 15.5. The van der Waals surface area contributed by atoms with Crippen LogP contribution in [0.3, 0.4) is 0 Å². The molecule has 0 bridgehead atoms. The number of aliphatic hydroxyl groups excluding tert-OH is 1. The Bertz CT molecular complexity index is 670. The van der Waals surface area contributed by atoms with Gasteiger partial charge in [0.1, 0.15) is 5.75 Å². The molecule has 2 aromatic rings. The molecule has 0 spiro atoms. The number of hydrogen-bond donors (Lipinski definition) is 1. The number of carbonyl (C=O) groups is 1. The molecule has 0 radical (unpaired) electrons. The number of benzene rings is 1.